The molecular weight excluding hydrogens is 426 g/mol. The van der Waals surface area contributed by atoms with Gasteiger partial charge < -0.3 is 0 Å². The maximum absolute atomic E-state index is 13.0. The van der Waals surface area contributed by atoms with Crippen LogP contribution in [0.3, 0.4) is 0 Å². The number of hydrogen-bond acceptors (Lipinski definition) is 5. The summed E-state index contributed by atoms with van der Waals surface area (Å²) in [6, 6.07) is 0.495. The van der Waals surface area contributed by atoms with E-state index in [9.17, 15) is 18.4 Å². The standard InChI is InChI=1S/C24H43N3O4S/c28-24(25-29)23(19-7-3-1-4-8-19)20-11-13-21(14-12-20)26-15-17-27(18-16-26)32(30,31)22-9-5-2-6-10-22/h19-23,29H,1-18H2,(H,25,28). The van der Waals surface area contributed by atoms with Gasteiger partial charge in [-0.3, -0.25) is 14.9 Å². The Morgan fingerprint density at radius 2 is 1.28 bits per heavy atom. The van der Waals surface area contributed by atoms with Gasteiger partial charge in [-0.15, -0.1) is 0 Å². The first kappa shape index (κ1) is 24.4. The van der Waals surface area contributed by atoms with Crippen LogP contribution in [0.15, 0.2) is 0 Å². The molecule has 1 saturated heterocycles. The van der Waals surface area contributed by atoms with Crippen molar-refractivity contribution in [2.45, 2.75) is 101 Å². The zero-order valence-electron chi connectivity index (χ0n) is 19.6. The van der Waals surface area contributed by atoms with Crippen LogP contribution in [-0.2, 0) is 14.8 Å². The van der Waals surface area contributed by atoms with Crippen LogP contribution in [0.25, 0.3) is 0 Å². The third-order valence-corrected chi connectivity index (χ3v) is 11.3. The number of rotatable bonds is 6. The van der Waals surface area contributed by atoms with E-state index >= 15 is 0 Å². The number of nitrogens with zero attached hydrogens (tertiary/aromatic N) is 2. The van der Waals surface area contributed by atoms with Gasteiger partial charge in [-0.1, -0.05) is 38.5 Å². The Morgan fingerprint density at radius 3 is 1.84 bits per heavy atom. The van der Waals surface area contributed by atoms with Crippen LogP contribution in [0.5, 0.6) is 0 Å². The average molecular weight is 470 g/mol. The summed E-state index contributed by atoms with van der Waals surface area (Å²) in [6.45, 7) is 2.89. The number of nitrogens with one attached hydrogen (secondary N) is 1. The highest BCUT2D eigenvalue weighted by Gasteiger charge is 2.40. The summed E-state index contributed by atoms with van der Waals surface area (Å²) in [5.41, 5.74) is 1.97. The molecule has 1 atom stereocenters. The lowest BCUT2D eigenvalue weighted by Gasteiger charge is -2.44. The van der Waals surface area contributed by atoms with Crippen molar-refractivity contribution in [3.8, 4) is 0 Å². The minimum Gasteiger partial charge on any atom is -0.298 e. The highest BCUT2D eigenvalue weighted by atomic mass is 32.2. The maximum atomic E-state index is 13.0. The second kappa shape index (κ2) is 11.2. The van der Waals surface area contributed by atoms with Crippen molar-refractivity contribution in [3.63, 3.8) is 0 Å². The van der Waals surface area contributed by atoms with Crippen molar-refractivity contribution >= 4 is 15.9 Å². The molecule has 0 aromatic rings. The molecule has 2 N–H and O–H groups in total. The summed E-state index contributed by atoms with van der Waals surface area (Å²) in [5, 5.41) is 9.19. The van der Waals surface area contributed by atoms with Crippen molar-refractivity contribution < 1.29 is 18.4 Å². The summed E-state index contributed by atoms with van der Waals surface area (Å²) >= 11 is 0. The van der Waals surface area contributed by atoms with Gasteiger partial charge in [0.05, 0.1) is 5.25 Å². The Bertz CT molecular complexity index is 703. The first-order valence-electron chi connectivity index (χ1n) is 13.2. The molecule has 3 saturated carbocycles. The molecule has 7 nitrogen and oxygen atoms in total. The number of hydroxylamine groups is 1. The van der Waals surface area contributed by atoms with E-state index in [-0.39, 0.29) is 17.1 Å². The van der Waals surface area contributed by atoms with Gasteiger partial charge in [0.2, 0.25) is 15.9 Å². The third-order valence-electron chi connectivity index (χ3n) is 8.94. The Labute approximate surface area is 194 Å². The largest absolute Gasteiger partial charge is 0.298 e. The highest BCUT2D eigenvalue weighted by Crippen LogP contribution is 2.41. The number of amides is 1. The van der Waals surface area contributed by atoms with Crippen LogP contribution in [0.1, 0.15) is 89.9 Å². The molecule has 1 heterocycles. The van der Waals surface area contributed by atoms with Crippen LogP contribution in [0.4, 0.5) is 0 Å². The lowest BCUT2D eigenvalue weighted by molar-refractivity contribution is -0.138. The van der Waals surface area contributed by atoms with Gasteiger partial charge in [0.15, 0.2) is 0 Å². The Balaban J connectivity index is 1.28. The molecule has 3 aliphatic carbocycles. The summed E-state index contributed by atoms with van der Waals surface area (Å²) in [4.78, 5) is 15.0. The van der Waals surface area contributed by atoms with E-state index in [0.717, 1.165) is 77.3 Å². The predicted octanol–water partition coefficient (Wildman–Crippen LogP) is 3.53. The fourth-order valence-corrected chi connectivity index (χ4v) is 9.13. The van der Waals surface area contributed by atoms with Crippen LogP contribution < -0.4 is 5.48 Å². The molecule has 0 radical (unpaired) electrons. The fraction of sp³-hybridized carbons (Fsp3) is 0.958. The number of carbonyl (C=O) groups excluding carboxylic acids is 1. The van der Waals surface area contributed by atoms with Gasteiger partial charge in [-0.25, -0.2) is 13.9 Å². The van der Waals surface area contributed by atoms with E-state index in [2.05, 4.69) is 4.90 Å². The van der Waals surface area contributed by atoms with E-state index in [4.69, 9.17) is 0 Å². The topological polar surface area (TPSA) is 89.9 Å². The Kier molecular flexibility index (Phi) is 8.51. The molecule has 0 spiro atoms. The minimum atomic E-state index is -3.15. The SMILES string of the molecule is O=C(NO)C(C1CCCCC1)C1CCC(N2CCN(S(=O)(=O)C3CCCCC3)CC2)CC1. The van der Waals surface area contributed by atoms with Crippen LogP contribution >= 0.6 is 0 Å². The van der Waals surface area contributed by atoms with Crippen LogP contribution in [-0.4, -0.2) is 66.2 Å². The van der Waals surface area contributed by atoms with Gasteiger partial charge >= 0.3 is 0 Å². The summed E-state index contributed by atoms with van der Waals surface area (Å²) in [5.74, 6) is 0.529. The molecule has 1 amide bonds. The summed E-state index contributed by atoms with van der Waals surface area (Å²) in [7, 11) is -3.15. The van der Waals surface area contributed by atoms with E-state index in [1.807, 2.05) is 5.48 Å². The fourth-order valence-electron chi connectivity index (χ4n) is 7.10. The Hall–Kier alpha value is -0.700. The highest BCUT2D eigenvalue weighted by molar-refractivity contribution is 7.89. The lowest BCUT2D eigenvalue weighted by Crippen LogP contribution is -2.54. The van der Waals surface area contributed by atoms with Crippen molar-refractivity contribution in [2.24, 2.45) is 17.8 Å². The van der Waals surface area contributed by atoms with Crippen molar-refractivity contribution in [2.75, 3.05) is 26.2 Å². The zero-order chi connectivity index (χ0) is 22.6. The lowest BCUT2D eigenvalue weighted by atomic mass is 9.68. The molecule has 32 heavy (non-hydrogen) atoms. The quantitative estimate of drug-likeness (QED) is 0.459. The minimum absolute atomic E-state index is 0.0567. The summed E-state index contributed by atoms with van der Waals surface area (Å²) in [6.07, 6.45) is 15.0. The molecular formula is C24H43N3O4S. The van der Waals surface area contributed by atoms with Gasteiger partial charge in [0.25, 0.3) is 0 Å². The van der Waals surface area contributed by atoms with E-state index in [0.29, 0.717) is 31.0 Å². The van der Waals surface area contributed by atoms with E-state index in [1.54, 1.807) is 4.31 Å². The first-order valence-corrected chi connectivity index (χ1v) is 14.7. The Morgan fingerprint density at radius 1 is 0.750 bits per heavy atom. The van der Waals surface area contributed by atoms with Gasteiger partial charge in [-0.05, 0) is 63.2 Å². The maximum Gasteiger partial charge on any atom is 0.246 e. The second-order valence-electron chi connectivity index (χ2n) is 10.7. The van der Waals surface area contributed by atoms with Gasteiger partial charge in [-0.2, -0.15) is 4.31 Å². The van der Waals surface area contributed by atoms with Gasteiger partial charge in [0, 0.05) is 38.1 Å². The normalized spacial score (nSPS) is 31.3. The number of piperazine rings is 1. The number of carbonyl (C=O) groups is 1. The molecule has 0 bridgehead atoms. The molecule has 4 aliphatic rings. The average Bonchev–Trinajstić information content (AvgIpc) is 2.86. The van der Waals surface area contributed by atoms with Gasteiger partial charge in [0.1, 0.15) is 0 Å². The molecule has 184 valence electrons. The van der Waals surface area contributed by atoms with Crippen molar-refractivity contribution in [1.29, 1.82) is 0 Å². The molecule has 1 aliphatic heterocycles. The van der Waals surface area contributed by atoms with Crippen molar-refractivity contribution in [1.82, 2.24) is 14.7 Å². The molecule has 0 aromatic carbocycles. The van der Waals surface area contributed by atoms with Crippen LogP contribution in [0.2, 0.25) is 0 Å². The predicted molar refractivity (Wildman–Crippen MR) is 125 cm³/mol. The van der Waals surface area contributed by atoms with E-state index in [1.165, 1.54) is 25.7 Å². The molecule has 1 unspecified atom stereocenters. The molecule has 8 heteroatoms. The molecule has 4 rings (SSSR count). The molecule has 0 aromatic heterocycles. The monoisotopic (exact) mass is 469 g/mol. The number of sulfonamides is 1. The third kappa shape index (κ3) is 5.50. The first-order chi connectivity index (χ1) is 15.5. The van der Waals surface area contributed by atoms with E-state index < -0.39 is 10.0 Å². The number of hydrogen-bond donors (Lipinski definition) is 2. The second-order valence-corrected chi connectivity index (χ2v) is 12.9. The zero-order valence-corrected chi connectivity index (χ0v) is 20.4. The van der Waals surface area contributed by atoms with Crippen molar-refractivity contribution in [3.05, 3.63) is 0 Å². The van der Waals surface area contributed by atoms with Crippen LogP contribution in [0, 0.1) is 17.8 Å². The smallest absolute Gasteiger partial charge is 0.246 e. The molecule has 4 fully saturated rings. The summed E-state index contributed by atoms with van der Waals surface area (Å²) < 4.78 is 27.8.